The van der Waals surface area contributed by atoms with E-state index in [-0.39, 0.29) is 5.91 Å². The number of hydroxylamine groups is 1. The summed E-state index contributed by atoms with van der Waals surface area (Å²) in [5.41, 5.74) is 1.24. The molecule has 1 aliphatic heterocycles. The first-order valence-corrected chi connectivity index (χ1v) is 7.02. The Morgan fingerprint density at radius 2 is 1.71 bits per heavy atom. The van der Waals surface area contributed by atoms with Crippen molar-refractivity contribution in [3.63, 3.8) is 0 Å². The second kappa shape index (κ2) is 5.68. The Labute approximate surface area is 124 Å². The van der Waals surface area contributed by atoms with Gasteiger partial charge >= 0.3 is 0 Å². The van der Waals surface area contributed by atoms with Crippen LogP contribution in [0.25, 0.3) is 0 Å². The third-order valence-electron chi connectivity index (χ3n) is 3.51. The monoisotopic (exact) mass is 282 g/mol. The molecular weight excluding hydrogens is 264 g/mol. The number of carbonyl (C=O) groups is 1. The highest BCUT2D eigenvalue weighted by Crippen LogP contribution is 2.29. The van der Waals surface area contributed by atoms with E-state index in [1.54, 1.807) is 0 Å². The number of carbonyl (C=O) groups excluding carboxylic acids is 1. The van der Waals surface area contributed by atoms with Gasteiger partial charge in [-0.2, -0.15) is 5.06 Å². The number of para-hydroxylation sites is 1. The standard InChI is InChI=1S/C17H18N2O2/c1-17(18-13-14-8-4-2-5-9-14)12-16(20)19(21-17)15-10-6-3-7-11-15/h2-11,18H,12-13H2,1H3/t17-/m0/s1. The smallest absolute Gasteiger partial charge is 0.255 e. The molecule has 4 nitrogen and oxygen atoms in total. The predicted molar refractivity (Wildman–Crippen MR) is 81.3 cm³/mol. The van der Waals surface area contributed by atoms with Crippen LogP contribution in [0, 0.1) is 0 Å². The minimum Gasteiger partial charge on any atom is -0.283 e. The van der Waals surface area contributed by atoms with Gasteiger partial charge < -0.3 is 0 Å². The molecule has 4 heteroatoms. The molecule has 1 amide bonds. The minimum absolute atomic E-state index is 0.0377. The average Bonchev–Trinajstić information content (AvgIpc) is 2.83. The lowest BCUT2D eigenvalue weighted by Gasteiger charge is -2.25. The Balaban J connectivity index is 1.68. The number of hydrogen-bond acceptors (Lipinski definition) is 3. The Kier molecular flexibility index (Phi) is 3.73. The van der Waals surface area contributed by atoms with Crippen LogP contribution < -0.4 is 10.4 Å². The van der Waals surface area contributed by atoms with Gasteiger partial charge in [-0.3, -0.25) is 10.1 Å². The van der Waals surface area contributed by atoms with Crippen LogP contribution in [0.3, 0.4) is 0 Å². The minimum atomic E-state index is -0.678. The van der Waals surface area contributed by atoms with Gasteiger partial charge in [-0.15, -0.1) is 0 Å². The van der Waals surface area contributed by atoms with Crippen molar-refractivity contribution in [2.24, 2.45) is 0 Å². The van der Waals surface area contributed by atoms with E-state index in [1.165, 1.54) is 5.06 Å². The number of nitrogens with zero attached hydrogens (tertiary/aromatic N) is 1. The summed E-state index contributed by atoms with van der Waals surface area (Å²) in [7, 11) is 0. The fraction of sp³-hybridized carbons (Fsp3) is 0.235. The zero-order valence-electron chi connectivity index (χ0n) is 12.0. The first-order chi connectivity index (χ1) is 10.2. The quantitative estimate of drug-likeness (QED) is 0.937. The molecule has 1 fully saturated rings. The zero-order chi connectivity index (χ0) is 14.7. The second-order valence-corrected chi connectivity index (χ2v) is 5.36. The first kappa shape index (κ1) is 13.8. The summed E-state index contributed by atoms with van der Waals surface area (Å²) in [5, 5.41) is 4.69. The van der Waals surface area contributed by atoms with Crippen LogP contribution in [0.5, 0.6) is 0 Å². The Morgan fingerprint density at radius 1 is 1.10 bits per heavy atom. The van der Waals surface area contributed by atoms with E-state index < -0.39 is 5.72 Å². The number of hydrogen-bond donors (Lipinski definition) is 1. The van der Waals surface area contributed by atoms with Crippen molar-refractivity contribution in [2.45, 2.75) is 25.6 Å². The van der Waals surface area contributed by atoms with Crippen molar-refractivity contribution in [1.29, 1.82) is 0 Å². The van der Waals surface area contributed by atoms with E-state index in [9.17, 15) is 4.79 Å². The van der Waals surface area contributed by atoms with E-state index in [0.29, 0.717) is 13.0 Å². The number of benzene rings is 2. The van der Waals surface area contributed by atoms with Crippen molar-refractivity contribution in [3.8, 4) is 0 Å². The molecular formula is C17H18N2O2. The van der Waals surface area contributed by atoms with Crippen LogP contribution >= 0.6 is 0 Å². The van der Waals surface area contributed by atoms with Gasteiger partial charge in [-0.1, -0.05) is 48.5 Å². The molecule has 0 unspecified atom stereocenters. The maximum absolute atomic E-state index is 12.2. The third kappa shape index (κ3) is 3.12. The summed E-state index contributed by atoms with van der Waals surface area (Å²) in [5.74, 6) is -0.0377. The fourth-order valence-corrected chi connectivity index (χ4v) is 2.38. The summed E-state index contributed by atoms with van der Waals surface area (Å²) in [6.07, 6.45) is 0.314. The Morgan fingerprint density at radius 3 is 2.38 bits per heavy atom. The highest BCUT2D eigenvalue weighted by atomic mass is 16.7. The van der Waals surface area contributed by atoms with Gasteiger partial charge in [0, 0.05) is 6.54 Å². The largest absolute Gasteiger partial charge is 0.283 e. The van der Waals surface area contributed by atoms with E-state index >= 15 is 0 Å². The topological polar surface area (TPSA) is 41.6 Å². The highest BCUT2D eigenvalue weighted by Gasteiger charge is 2.41. The highest BCUT2D eigenvalue weighted by molar-refractivity contribution is 5.93. The summed E-state index contributed by atoms with van der Waals surface area (Å²) >= 11 is 0. The molecule has 0 spiro atoms. The van der Waals surface area contributed by atoms with Crippen LogP contribution in [-0.4, -0.2) is 11.6 Å². The lowest BCUT2D eigenvalue weighted by Crippen LogP contribution is -2.42. The van der Waals surface area contributed by atoms with Crippen molar-refractivity contribution >= 4 is 11.6 Å². The maximum Gasteiger partial charge on any atom is 0.255 e. The molecule has 1 atom stereocenters. The average molecular weight is 282 g/mol. The predicted octanol–water partition coefficient (Wildman–Crippen LogP) is 2.86. The molecule has 0 bridgehead atoms. The zero-order valence-corrected chi connectivity index (χ0v) is 12.0. The molecule has 0 saturated carbocycles. The van der Waals surface area contributed by atoms with Crippen LogP contribution in [-0.2, 0) is 16.2 Å². The molecule has 3 rings (SSSR count). The maximum atomic E-state index is 12.2. The molecule has 21 heavy (non-hydrogen) atoms. The van der Waals surface area contributed by atoms with Gasteiger partial charge in [0.15, 0.2) is 5.72 Å². The van der Waals surface area contributed by atoms with Crippen LogP contribution in [0.1, 0.15) is 18.9 Å². The molecule has 1 saturated heterocycles. The number of nitrogens with one attached hydrogen (secondary N) is 1. The molecule has 1 aliphatic rings. The molecule has 108 valence electrons. The van der Waals surface area contributed by atoms with E-state index in [0.717, 1.165) is 11.3 Å². The number of anilines is 1. The Bertz CT molecular complexity index is 615. The van der Waals surface area contributed by atoms with Gasteiger partial charge in [0.25, 0.3) is 5.91 Å². The number of rotatable bonds is 4. The number of amides is 1. The van der Waals surface area contributed by atoms with E-state index in [4.69, 9.17) is 4.84 Å². The molecule has 0 radical (unpaired) electrons. The Hall–Kier alpha value is -2.17. The van der Waals surface area contributed by atoms with Crippen molar-refractivity contribution in [1.82, 2.24) is 5.32 Å². The van der Waals surface area contributed by atoms with Crippen molar-refractivity contribution < 1.29 is 9.63 Å². The second-order valence-electron chi connectivity index (χ2n) is 5.36. The van der Waals surface area contributed by atoms with Crippen LogP contribution in [0.4, 0.5) is 5.69 Å². The first-order valence-electron chi connectivity index (χ1n) is 7.02. The van der Waals surface area contributed by atoms with Crippen molar-refractivity contribution in [2.75, 3.05) is 5.06 Å². The van der Waals surface area contributed by atoms with Crippen molar-refractivity contribution in [3.05, 3.63) is 66.2 Å². The van der Waals surface area contributed by atoms with E-state index in [2.05, 4.69) is 5.32 Å². The third-order valence-corrected chi connectivity index (χ3v) is 3.51. The molecule has 0 aliphatic carbocycles. The molecule has 2 aromatic carbocycles. The molecule has 1 heterocycles. The summed E-state index contributed by atoms with van der Waals surface area (Å²) in [6.45, 7) is 2.56. The molecule has 2 aromatic rings. The van der Waals surface area contributed by atoms with Crippen LogP contribution in [0.2, 0.25) is 0 Å². The van der Waals surface area contributed by atoms with Gasteiger partial charge in [0.2, 0.25) is 0 Å². The SMILES string of the molecule is C[C@@]1(NCc2ccccc2)CC(=O)N(c2ccccc2)O1. The fourth-order valence-electron chi connectivity index (χ4n) is 2.38. The summed E-state index contributed by atoms with van der Waals surface area (Å²) in [4.78, 5) is 18.0. The van der Waals surface area contributed by atoms with E-state index in [1.807, 2.05) is 67.6 Å². The molecule has 1 N–H and O–H groups in total. The lowest BCUT2D eigenvalue weighted by atomic mass is 10.1. The van der Waals surface area contributed by atoms with Gasteiger partial charge in [-0.25, -0.2) is 4.84 Å². The molecule has 0 aromatic heterocycles. The summed E-state index contributed by atoms with van der Waals surface area (Å²) in [6, 6.07) is 19.5. The van der Waals surface area contributed by atoms with Crippen LogP contribution in [0.15, 0.2) is 60.7 Å². The summed E-state index contributed by atoms with van der Waals surface area (Å²) < 4.78 is 0. The van der Waals surface area contributed by atoms with Gasteiger partial charge in [0.05, 0.1) is 12.1 Å². The lowest BCUT2D eigenvalue weighted by molar-refractivity contribution is -0.119. The van der Waals surface area contributed by atoms with Gasteiger partial charge in [0.1, 0.15) is 0 Å². The normalized spacial score (nSPS) is 21.8. The van der Waals surface area contributed by atoms with Gasteiger partial charge in [-0.05, 0) is 24.6 Å².